The summed E-state index contributed by atoms with van der Waals surface area (Å²) in [4.78, 5) is 29.8. The van der Waals surface area contributed by atoms with Gasteiger partial charge in [0.1, 0.15) is 10.7 Å². The van der Waals surface area contributed by atoms with Gasteiger partial charge < -0.3 is 5.32 Å². The molecule has 4 rings (SSSR count). The molecule has 0 radical (unpaired) electrons. The maximum atomic E-state index is 12.8. The summed E-state index contributed by atoms with van der Waals surface area (Å²) in [7, 11) is 0. The van der Waals surface area contributed by atoms with E-state index in [2.05, 4.69) is 10.3 Å². The van der Waals surface area contributed by atoms with Crippen LogP contribution in [-0.2, 0) is 4.79 Å². The van der Waals surface area contributed by atoms with E-state index in [0.29, 0.717) is 10.7 Å². The topological polar surface area (TPSA) is 82.9 Å². The smallest absolute Gasteiger partial charge is 0.249 e. The van der Waals surface area contributed by atoms with E-state index in [1.807, 2.05) is 72.8 Å². The van der Waals surface area contributed by atoms with Crippen molar-refractivity contribution < 1.29 is 9.59 Å². The number of thiazole rings is 1. The lowest BCUT2D eigenvalue weighted by Crippen LogP contribution is -2.29. The molecular formula is C23H15N3O2S. The Morgan fingerprint density at radius 1 is 0.966 bits per heavy atom. The molecule has 5 nitrogen and oxygen atoms in total. The fourth-order valence-corrected chi connectivity index (χ4v) is 3.84. The fraction of sp³-hybridized carbons (Fsp3) is 0.0435. The molecule has 3 aromatic carbocycles. The summed E-state index contributed by atoms with van der Waals surface area (Å²) in [5.41, 5.74) is 1.56. The second-order valence-electron chi connectivity index (χ2n) is 6.35. The summed E-state index contributed by atoms with van der Waals surface area (Å²) in [6.45, 7) is 0. The number of benzene rings is 3. The average molecular weight is 397 g/mol. The van der Waals surface area contributed by atoms with Crippen LogP contribution in [-0.4, -0.2) is 16.7 Å². The molecule has 1 atom stereocenters. The van der Waals surface area contributed by atoms with E-state index in [1.165, 1.54) is 11.3 Å². The number of anilines is 1. The molecule has 0 aliphatic carbocycles. The molecule has 0 spiro atoms. The number of ketones is 1. The molecule has 1 unspecified atom stereocenters. The van der Waals surface area contributed by atoms with Gasteiger partial charge in [-0.05, 0) is 11.5 Å². The molecule has 6 heteroatoms. The number of hydrogen-bond donors (Lipinski definition) is 1. The number of nitrogens with one attached hydrogen (secondary N) is 1. The van der Waals surface area contributed by atoms with E-state index in [0.717, 1.165) is 16.3 Å². The first-order valence-electron chi connectivity index (χ1n) is 8.91. The number of rotatable bonds is 5. The van der Waals surface area contributed by atoms with Crippen molar-refractivity contribution >= 4 is 39.5 Å². The van der Waals surface area contributed by atoms with Crippen molar-refractivity contribution in [3.8, 4) is 16.6 Å². The van der Waals surface area contributed by atoms with Crippen molar-refractivity contribution in [3.63, 3.8) is 0 Å². The van der Waals surface area contributed by atoms with E-state index >= 15 is 0 Å². The van der Waals surface area contributed by atoms with Crippen molar-refractivity contribution in [1.29, 1.82) is 5.26 Å². The van der Waals surface area contributed by atoms with Gasteiger partial charge >= 0.3 is 0 Å². The van der Waals surface area contributed by atoms with Gasteiger partial charge in [-0.25, -0.2) is 4.98 Å². The van der Waals surface area contributed by atoms with Gasteiger partial charge in [-0.2, -0.15) is 5.26 Å². The predicted octanol–water partition coefficient (Wildman–Crippen LogP) is 4.92. The lowest BCUT2D eigenvalue weighted by Gasteiger charge is -2.11. The van der Waals surface area contributed by atoms with E-state index in [4.69, 9.17) is 0 Å². The highest BCUT2D eigenvalue weighted by Crippen LogP contribution is 2.26. The van der Waals surface area contributed by atoms with Crippen LogP contribution in [0.25, 0.3) is 21.3 Å². The Morgan fingerprint density at radius 2 is 1.69 bits per heavy atom. The Hall–Kier alpha value is -3.82. The van der Waals surface area contributed by atoms with Crippen molar-refractivity contribution in [1.82, 2.24) is 4.98 Å². The SMILES string of the molecule is N#CC(C(=O)Nc1cccc2ccccc12)C(=O)c1csc(-c2ccccc2)n1. The summed E-state index contributed by atoms with van der Waals surface area (Å²) < 4.78 is 0. The third kappa shape index (κ3) is 3.77. The lowest BCUT2D eigenvalue weighted by atomic mass is 10.0. The van der Waals surface area contributed by atoms with Crippen molar-refractivity contribution in [3.05, 3.63) is 83.9 Å². The zero-order chi connectivity index (χ0) is 20.2. The first-order chi connectivity index (χ1) is 14.2. The Balaban J connectivity index is 1.57. The van der Waals surface area contributed by atoms with Gasteiger partial charge in [0, 0.05) is 22.0 Å². The van der Waals surface area contributed by atoms with Crippen LogP contribution in [0.4, 0.5) is 5.69 Å². The van der Waals surface area contributed by atoms with Crippen LogP contribution < -0.4 is 5.32 Å². The molecule has 0 aliphatic heterocycles. The van der Waals surface area contributed by atoms with Crippen LogP contribution in [0.2, 0.25) is 0 Å². The van der Waals surface area contributed by atoms with Gasteiger partial charge in [-0.1, -0.05) is 66.7 Å². The molecule has 0 saturated heterocycles. The molecule has 1 amide bonds. The third-order valence-electron chi connectivity index (χ3n) is 4.48. The first kappa shape index (κ1) is 18.5. The van der Waals surface area contributed by atoms with Crippen LogP contribution in [0.3, 0.4) is 0 Å². The quantitative estimate of drug-likeness (QED) is 0.382. The second-order valence-corrected chi connectivity index (χ2v) is 7.20. The Labute approximate surface area is 171 Å². The highest BCUT2D eigenvalue weighted by Gasteiger charge is 2.29. The van der Waals surface area contributed by atoms with E-state index in [9.17, 15) is 14.9 Å². The minimum Gasteiger partial charge on any atom is -0.324 e. The minimum absolute atomic E-state index is 0.119. The van der Waals surface area contributed by atoms with Crippen molar-refractivity contribution in [2.75, 3.05) is 5.32 Å². The summed E-state index contributed by atoms with van der Waals surface area (Å²) in [5, 5.41) is 16.3. The number of carbonyl (C=O) groups is 2. The van der Waals surface area contributed by atoms with Crippen molar-refractivity contribution in [2.24, 2.45) is 5.92 Å². The average Bonchev–Trinajstić information content (AvgIpc) is 3.25. The Kier molecular flexibility index (Phi) is 5.14. The minimum atomic E-state index is -1.47. The molecule has 1 heterocycles. The number of carbonyl (C=O) groups excluding carboxylic acids is 2. The zero-order valence-electron chi connectivity index (χ0n) is 15.2. The molecule has 0 bridgehead atoms. The predicted molar refractivity (Wildman–Crippen MR) is 114 cm³/mol. The largest absolute Gasteiger partial charge is 0.324 e. The number of aromatic nitrogens is 1. The van der Waals surface area contributed by atoms with Crippen LogP contribution in [0.5, 0.6) is 0 Å². The first-order valence-corrected chi connectivity index (χ1v) is 9.79. The van der Waals surface area contributed by atoms with E-state index in [1.54, 1.807) is 11.4 Å². The number of Topliss-reactive ketones (excluding diaryl/α,β-unsaturated/α-hetero) is 1. The normalized spacial score (nSPS) is 11.6. The third-order valence-corrected chi connectivity index (χ3v) is 5.37. The van der Waals surface area contributed by atoms with Gasteiger partial charge in [0.2, 0.25) is 11.7 Å². The number of amides is 1. The van der Waals surface area contributed by atoms with Crippen LogP contribution in [0, 0.1) is 17.2 Å². The molecule has 4 aromatic rings. The summed E-state index contributed by atoms with van der Waals surface area (Å²) >= 11 is 1.30. The maximum Gasteiger partial charge on any atom is 0.249 e. The summed E-state index contributed by atoms with van der Waals surface area (Å²) in [6.07, 6.45) is 0. The fourth-order valence-electron chi connectivity index (χ4n) is 3.02. The molecule has 1 aromatic heterocycles. The summed E-state index contributed by atoms with van der Waals surface area (Å²) in [5.74, 6) is -2.74. The van der Waals surface area contributed by atoms with Gasteiger partial charge in [-0.15, -0.1) is 11.3 Å². The number of fused-ring (bicyclic) bond motifs is 1. The van der Waals surface area contributed by atoms with Gasteiger partial charge in [0.15, 0.2) is 5.92 Å². The number of nitrogens with zero attached hydrogens (tertiary/aromatic N) is 2. The maximum absolute atomic E-state index is 12.8. The lowest BCUT2D eigenvalue weighted by molar-refractivity contribution is -0.117. The summed E-state index contributed by atoms with van der Waals surface area (Å²) in [6, 6.07) is 24.3. The molecule has 1 N–H and O–H groups in total. The zero-order valence-corrected chi connectivity index (χ0v) is 16.0. The molecule has 29 heavy (non-hydrogen) atoms. The van der Waals surface area contributed by atoms with Gasteiger partial charge in [0.05, 0.1) is 6.07 Å². The Morgan fingerprint density at radius 3 is 2.48 bits per heavy atom. The van der Waals surface area contributed by atoms with Gasteiger partial charge in [0.25, 0.3) is 0 Å². The number of nitriles is 1. The molecular weight excluding hydrogens is 382 g/mol. The highest BCUT2D eigenvalue weighted by molar-refractivity contribution is 7.13. The molecule has 0 aliphatic rings. The monoisotopic (exact) mass is 397 g/mol. The standard InChI is InChI=1S/C23H15N3O2S/c24-13-18(21(27)20-14-29-23(26-20)16-8-2-1-3-9-16)22(28)25-19-12-6-10-15-7-4-5-11-17(15)19/h1-12,14,18H,(H,25,28). The molecule has 0 fully saturated rings. The second kappa shape index (κ2) is 8.05. The van der Waals surface area contributed by atoms with Gasteiger partial charge in [-0.3, -0.25) is 9.59 Å². The van der Waals surface area contributed by atoms with E-state index in [-0.39, 0.29) is 5.69 Å². The number of hydrogen-bond acceptors (Lipinski definition) is 5. The molecule has 140 valence electrons. The van der Waals surface area contributed by atoms with Crippen molar-refractivity contribution in [2.45, 2.75) is 0 Å². The highest BCUT2D eigenvalue weighted by atomic mass is 32.1. The van der Waals surface area contributed by atoms with Crippen LogP contribution >= 0.6 is 11.3 Å². The van der Waals surface area contributed by atoms with Crippen LogP contribution in [0.1, 0.15) is 10.5 Å². The van der Waals surface area contributed by atoms with Crippen LogP contribution in [0.15, 0.2) is 78.2 Å². The van der Waals surface area contributed by atoms with E-state index < -0.39 is 17.6 Å². The Bertz CT molecular complexity index is 1240. The molecule has 0 saturated carbocycles.